The minimum absolute atomic E-state index is 0.319. The lowest BCUT2D eigenvalue weighted by Gasteiger charge is -2.57. The smallest absolute Gasteiger partial charge is 0.136 e. The van der Waals surface area contributed by atoms with Gasteiger partial charge in [-0.05, 0) is 80.0 Å². The molecule has 0 radical (unpaired) electrons. The minimum Gasteiger partial charge on any atom is -0.299 e. The third kappa shape index (κ3) is 2.07. The molecule has 0 unspecified atom stereocenters. The number of hydrogen-bond donors (Lipinski definition) is 0. The summed E-state index contributed by atoms with van der Waals surface area (Å²) in [6.07, 6.45) is 11.9. The zero-order valence-electron chi connectivity index (χ0n) is 15.2. The monoisotopic (exact) mass is 312 g/mol. The maximum Gasteiger partial charge on any atom is 0.136 e. The summed E-state index contributed by atoms with van der Waals surface area (Å²) in [6.45, 7) is 11.6. The van der Waals surface area contributed by atoms with E-state index in [-0.39, 0.29) is 0 Å². The number of Topliss-reactive ketones (excluding diaryl/α,β-unsaturated/α-hetero) is 1. The van der Waals surface area contributed by atoms with Gasteiger partial charge in [-0.2, -0.15) is 0 Å². The number of ketones is 1. The van der Waals surface area contributed by atoms with Gasteiger partial charge in [0.15, 0.2) is 0 Å². The van der Waals surface area contributed by atoms with Crippen molar-refractivity contribution in [2.24, 2.45) is 34.5 Å². The zero-order valence-corrected chi connectivity index (χ0v) is 15.2. The average Bonchev–Trinajstić information content (AvgIpc) is 2.85. The van der Waals surface area contributed by atoms with Gasteiger partial charge in [-0.15, -0.1) is 0 Å². The summed E-state index contributed by atoms with van der Waals surface area (Å²) in [5, 5.41) is 0. The van der Waals surface area contributed by atoms with Crippen molar-refractivity contribution in [1.29, 1.82) is 0 Å². The van der Waals surface area contributed by atoms with Crippen LogP contribution in [0.5, 0.6) is 0 Å². The van der Waals surface area contributed by atoms with Crippen molar-refractivity contribution in [2.45, 2.75) is 72.1 Å². The van der Waals surface area contributed by atoms with Crippen LogP contribution in [-0.2, 0) is 4.79 Å². The third-order valence-electron chi connectivity index (χ3n) is 8.53. The lowest BCUT2D eigenvalue weighted by molar-refractivity contribution is -0.122. The van der Waals surface area contributed by atoms with Crippen LogP contribution in [0.4, 0.5) is 0 Å². The van der Waals surface area contributed by atoms with Gasteiger partial charge in [0, 0.05) is 12.8 Å². The molecule has 0 bridgehead atoms. The molecule has 126 valence electrons. The molecule has 4 rings (SSSR count). The standard InChI is InChI=1S/C22H32O/c1-14(2)18-7-8-19-17-6-5-15-13-16(23)9-11-21(15,3)20(17)10-12-22(18,19)4/h5,17-20H,1,6-13H2,2-4H3/t17-,18+,19-,20-,21-,22+/m0/s1. The highest BCUT2D eigenvalue weighted by Gasteiger charge is 2.58. The first kappa shape index (κ1) is 15.7. The molecule has 23 heavy (non-hydrogen) atoms. The van der Waals surface area contributed by atoms with E-state index in [4.69, 9.17) is 0 Å². The van der Waals surface area contributed by atoms with Gasteiger partial charge in [0.25, 0.3) is 0 Å². The van der Waals surface area contributed by atoms with Gasteiger partial charge in [-0.1, -0.05) is 37.6 Å². The Morgan fingerprint density at radius 2 is 1.96 bits per heavy atom. The number of carbonyl (C=O) groups excluding carboxylic acids is 1. The lowest BCUT2D eigenvalue weighted by atomic mass is 9.47. The second kappa shape index (κ2) is 5.07. The summed E-state index contributed by atoms with van der Waals surface area (Å²) in [5.74, 6) is 3.74. The van der Waals surface area contributed by atoms with Gasteiger partial charge in [-0.3, -0.25) is 4.79 Å². The summed E-state index contributed by atoms with van der Waals surface area (Å²) >= 11 is 0. The molecule has 0 aromatic rings. The van der Waals surface area contributed by atoms with Gasteiger partial charge in [0.05, 0.1) is 0 Å². The maximum absolute atomic E-state index is 11.9. The van der Waals surface area contributed by atoms with Gasteiger partial charge in [0.2, 0.25) is 0 Å². The number of allylic oxidation sites excluding steroid dienone is 3. The second-order valence-corrected chi connectivity index (χ2v) is 9.50. The van der Waals surface area contributed by atoms with Gasteiger partial charge < -0.3 is 0 Å². The molecule has 0 aromatic heterocycles. The van der Waals surface area contributed by atoms with E-state index < -0.39 is 0 Å². The molecule has 3 saturated carbocycles. The van der Waals surface area contributed by atoms with E-state index in [1.807, 2.05) is 0 Å². The number of carbonyl (C=O) groups is 1. The Morgan fingerprint density at radius 1 is 1.17 bits per heavy atom. The fraction of sp³-hybridized carbons (Fsp3) is 0.773. The Balaban J connectivity index is 1.67. The third-order valence-corrected chi connectivity index (χ3v) is 8.53. The Hall–Kier alpha value is -0.850. The highest BCUT2D eigenvalue weighted by atomic mass is 16.1. The van der Waals surface area contributed by atoms with Crippen LogP contribution in [-0.4, -0.2) is 5.78 Å². The average molecular weight is 312 g/mol. The molecule has 0 aliphatic heterocycles. The Kier molecular flexibility index (Phi) is 3.45. The molecule has 6 atom stereocenters. The Morgan fingerprint density at radius 3 is 2.70 bits per heavy atom. The first-order chi connectivity index (χ1) is 10.9. The van der Waals surface area contributed by atoms with E-state index >= 15 is 0 Å². The molecular weight excluding hydrogens is 280 g/mol. The predicted molar refractivity (Wildman–Crippen MR) is 95.0 cm³/mol. The van der Waals surface area contributed by atoms with Gasteiger partial charge >= 0.3 is 0 Å². The van der Waals surface area contributed by atoms with Crippen LogP contribution in [0, 0.1) is 34.5 Å². The predicted octanol–water partition coefficient (Wildman–Crippen LogP) is 5.71. The van der Waals surface area contributed by atoms with E-state index in [1.165, 1.54) is 43.3 Å². The highest BCUT2D eigenvalue weighted by Crippen LogP contribution is 2.66. The van der Waals surface area contributed by atoms with Crippen molar-refractivity contribution >= 4 is 5.78 Å². The lowest BCUT2D eigenvalue weighted by Crippen LogP contribution is -2.50. The summed E-state index contributed by atoms with van der Waals surface area (Å²) < 4.78 is 0. The summed E-state index contributed by atoms with van der Waals surface area (Å²) in [5.41, 5.74) is 3.71. The van der Waals surface area contributed by atoms with E-state index in [9.17, 15) is 4.79 Å². The molecule has 3 fully saturated rings. The van der Waals surface area contributed by atoms with Crippen LogP contribution < -0.4 is 0 Å². The fourth-order valence-electron chi connectivity index (χ4n) is 7.29. The van der Waals surface area contributed by atoms with Crippen molar-refractivity contribution < 1.29 is 4.79 Å². The van der Waals surface area contributed by atoms with Crippen LogP contribution in [0.25, 0.3) is 0 Å². The molecule has 0 heterocycles. The minimum atomic E-state index is 0.319. The molecular formula is C22H32O. The molecule has 0 spiro atoms. The number of fused-ring (bicyclic) bond motifs is 5. The van der Waals surface area contributed by atoms with Crippen molar-refractivity contribution in [3.63, 3.8) is 0 Å². The fourth-order valence-corrected chi connectivity index (χ4v) is 7.29. The topological polar surface area (TPSA) is 17.1 Å². The molecule has 0 N–H and O–H groups in total. The SMILES string of the molecule is C=C(C)[C@H]1CC[C@H]2[C@@H]3CC=C4CC(=O)CC[C@]4(C)[C@H]3CC[C@]12C. The van der Waals surface area contributed by atoms with Crippen LogP contribution >= 0.6 is 0 Å². The highest BCUT2D eigenvalue weighted by molar-refractivity contribution is 5.82. The van der Waals surface area contributed by atoms with E-state index in [2.05, 4.69) is 33.4 Å². The van der Waals surface area contributed by atoms with Gasteiger partial charge in [0.1, 0.15) is 5.78 Å². The van der Waals surface area contributed by atoms with E-state index in [0.717, 1.165) is 42.9 Å². The van der Waals surface area contributed by atoms with E-state index in [0.29, 0.717) is 16.6 Å². The zero-order chi connectivity index (χ0) is 16.4. The molecule has 0 aromatic carbocycles. The molecule has 1 nitrogen and oxygen atoms in total. The van der Waals surface area contributed by atoms with Crippen LogP contribution in [0.3, 0.4) is 0 Å². The number of hydrogen-bond acceptors (Lipinski definition) is 1. The van der Waals surface area contributed by atoms with Crippen LogP contribution in [0.15, 0.2) is 23.8 Å². The summed E-state index contributed by atoms with van der Waals surface area (Å²) in [4.78, 5) is 11.9. The summed E-state index contributed by atoms with van der Waals surface area (Å²) in [7, 11) is 0. The normalized spacial score (nSPS) is 49.0. The molecule has 4 aliphatic rings. The van der Waals surface area contributed by atoms with Crippen LogP contribution in [0.2, 0.25) is 0 Å². The van der Waals surface area contributed by atoms with Crippen molar-refractivity contribution in [3.8, 4) is 0 Å². The molecule has 0 saturated heterocycles. The first-order valence-electron chi connectivity index (χ1n) is 9.73. The summed E-state index contributed by atoms with van der Waals surface area (Å²) in [6, 6.07) is 0. The van der Waals surface area contributed by atoms with Crippen molar-refractivity contribution in [3.05, 3.63) is 23.8 Å². The quantitative estimate of drug-likeness (QED) is 0.567. The van der Waals surface area contributed by atoms with E-state index in [1.54, 1.807) is 0 Å². The molecule has 1 heteroatoms. The maximum atomic E-state index is 11.9. The molecule has 4 aliphatic carbocycles. The van der Waals surface area contributed by atoms with Crippen LogP contribution in [0.1, 0.15) is 72.1 Å². The van der Waals surface area contributed by atoms with Crippen molar-refractivity contribution in [2.75, 3.05) is 0 Å². The largest absolute Gasteiger partial charge is 0.299 e. The van der Waals surface area contributed by atoms with Crippen molar-refractivity contribution in [1.82, 2.24) is 0 Å². The Bertz CT molecular complexity index is 585. The second-order valence-electron chi connectivity index (χ2n) is 9.50. The van der Waals surface area contributed by atoms with Gasteiger partial charge in [-0.25, -0.2) is 0 Å². The Labute approximate surface area is 141 Å². The first-order valence-corrected chi connectivity index (χ1v) is 9.73. The number of rotatable bonds is 1. The molecule has 0 amide bonds.